The Kier molecular flexibility index (Phi) is 4.62. The van der Waals surface area contributed by atoms with Crippen LogP contribution in [0.25, 0.3) is 10.9 Å². The predicted octanol–water partition coefficient (Wildman–Crippen LogP) is 2.76. The molecule has 3 aliphatic rings. The lowest BCUT2D eigenvalue weighted by Crippen LogP contribution is -2.39. The van der Waals surface area contributed by atoms with Gasteiger partial charge in [0, 0.05) is 44.4 Å². The maximum atomic E-state index is 13.4. The van der Waals surface area contributed by atoms with Crippen molar-refractivity contribution in [1.29, 1.82) is 0 Å². The number of amides is 2. The first-order valence-corrected chi connectivity index (χ1v) is 10.8. The highest BCUT2D eigenvalue weighted by atomic mass is 16.5. The number of fused-ring (bicyclic) bond motifs is 3. The lowest BCUT2D eigenvalue weighted by atomic mass is 9.85. The number of aromatic amines is 1. The van der Waals surface area contributed by atoms with Crippen molar-refractivity contribution in [2.24, 2.45) is 5.41 Å². The third-order valence-corrected chi connectivity index (χ3v) is 7.17. The highest BCUT2D eigenvalue weighted by Gasteiger charge is 2.51. The molecule has 2 amide bonds. The van der Waals surface area contributed by atoms with E-state index in [9.17, 15) is 9.59 Å². The van der Waals surface area contributed by atoms with E-state index < -0.39 is 5.41 Å². The average molecular weight is 396 g/mol. The number of hydrogen-bond donors (Lipinski definition) is 1. The van der Waals surface area contributed by atoms with Crippen molar-refractivity contribution < 1.29 is 14.3 Å². The summed E-state index contributed by atoms with van der Waals surface area (Å²) < 4.78 is 5.13. The number of nitrogens with one attached hydrogen (secondary N) is 1. The molecule has 29 heavy (non-hydrogen) atoms. The first-order chi connectivity index (χ1) is 14.1. The Balaban J connectivity index is 1.39. The predicted molar refractivity (Wildman–Crippen MR) is 111 cm³/mol. The standard InChI is InChI=1S/C23H29N3O3/c1-29-14-13-25-11-9-23(22(25)28)10-12-26(15-23)21(27)18-7-4-6-17-16-5-2-3-8-19(16)24-20(17)18/h4,6-7,24H,2-3,5,8-15H2,1H3. The van der Waals surface area contributed by atoms with Crippen LogP contribution >= 0.6 is 0 Å². The van der Waals surface area contributed by atoms with Gasteiger partial charge in [-0.05, 0) is 50.2 Å². The van der Waals surface area contributed by atoms with Crippen LogP contribution in [0.4, 0.5) is 0 Å². The van der Waals surface area contributed by atoms with Gasteiger partial charge in [-0.1, -0.05) is 12.1 Å². The Bertz CT molecular complexity index is 966. The summed E-state index contributed by atoms with van der Waals surface area (Å²) in [6, 6.07) is 6.06. The minimum atomic E-state index is -0.397. The molecule has 0 saturated carbocycles. The monoisotopic (exact) mass is 395 g/mol. The number of H-pyrrole nitrogens is 1. The second kappa shape index (κ2) is 7.17. The molecule has 0 bridgehead atoms. The Morgan fingerprint density at radius 1 is 1.21 bits per heavy atom. The van der Waals surface area contributed by atoms with Gasteiger partial charge in [0.2, 0.25) is 5.91 Å². The smallest absolute Gasteiger partial charge is 0.256 e. The highest BCUT2D eigenvalue weighted by Crippen LogP contribution is 2.41. The number of ether oxygens (including phenoxy) is 1. The molecule has 6 heteroatoms. The van der Waals surface area contributed by atoms with Crippen molar-refractivity contribution >= 4 is 22.7 Å². The molecule has 3 heterocycles. The van der Waals surface area contributed by atoms with Gasteiger partial charge in [-0.25, -0.2) is 0 Å². The maximum absolute atomic E-state index is 13.4. The van der Waals surface area contributed by atoms with Gasteiger partial charge in [0.25, 0.3) is 5.91 Å². The number of rotatable bonds is 4. The van der Waals surface area contributed by atoms with Gasteiger partial charge in [0.15, 0.2) is 0 Å². The van der Waals surface area contributed by atoms with Crippen molar-refractivity contribution in [2.75, 3.05) is 39.9 Å². The van der Waals surface area contributed by atoms with E-state index in [0.717, 1.165) is 43.3 Å². The Morgan fingerprint density at radius 3 is 2.90 bits per heavy atom. The molecular weight excluding hydrogens is 366 g/mol. The van der Waals surface area contributed by atoms with Crippen LogP contribution in [0, 0.1) is 5.41 Å². The minimum absolute atomic E-state index is 0.0502. The number of methoxy groups -OCH3 is 1. The van der Waals surface area contributed by atoms with Crippen LogP contribution in [0.3, 0.4) is 0 Å². The topological polar surface area (TPSA) is 65.6 Å². The zero-order valence-corrected chi connectivity index (χ0v) is 17.1. The zero-order chi connectivity index (χ0) is 20.0. The first kappa shape index (κ1) is 18.7. The van der Waals surface area contributed by atoms with E-state index in [0.29, 0.717) is 26.2 Å². The molecule has 1 aliphatic carbocycles. The van der Waals surface area contributed by atoms with Crippen LogP contribution in [0.1, 0.15) is 47.3 Å². The average Bonchev–Trinajstić information content (AvgIpc) is 3.43. The quantitative estimate of drug-likeness (QED) is 0.866. The maximum Gasteiger partial charge on any atom is 0.256 e. The van der Waals surface area contributed by atoms with Crippen LogP contribution in [0.5, 0.6) is 0 Å². The Morgan fingerprint density at radius 2 is 2.03 bits per heavy atom. The van der Waals surface area contributed by atoms with Crippen LogP contribution in [-0.4, -0.2) is 66.5 Å². The molecule has 2 fully saturated rings. The summed E-state index contributed by atoms with van der Waals surface area (Å²) in [5, 5.41) is 1.20. The van der Waals surface area contributed by atoms with Gasteiger partial charge in [0.05, 0.1) is 23.1 Å². The van der Waals surface area contributed by atoms with E-state index in [1.807, 2.05) is 21.9 Å². The number of carbonyl (C=O) groups is 2. The van der Waals surface area contributed by atoms with E-state index in [1.54, 1.807) is 7.11 Å². The van der Waals surface area contributed by atoms with Crippen molar-refractivity contribution in [1.82, 2.24) is 14.8 Å². The van der Waals surface area contributed by atoms with Gasteiger partial charge in [-0.2, -0.15) is 0 Å². The summed E-state index contributed by atoms with van der Waals surface area (Å²) in [5.41, 5.74) is 4.01. The molecule has 1 atom stereocenters. The summed E-state index contributed by atoms with van der Waals surface area (Å²) in [7, 11) is 1.66. The molecule has 2 aromatic rings. The van der Waals surface area contributed by atoms with Crippen molar-refractivity contribution in [3.63, 3.8) is 0 Å². The number of likely N-dealkylation sites (tertiary alicyclic amines) is 2. The SMILES string of the molecule is COCCN1CCC2(CCN(C(=O)c3cccc4c5c([nH]c34)CCCC5)C2)C1=O. The highest BCUT2D eigenvalue weighted by molar-refractivity contribution is 6.07. The van der Waals surface area contributed by atoms with Crippen LogP contribution in [0.15, 0.2) is 18.2 Å². The molecule has 6 nitrogen and oxygen atoms in total. The molecule has 1 aromatic heterocycles. The van der Waals surface area contributed by atoms with E-state index in [2.05, 4.69) is 11.1 Å². The summed E-state index contributed by atoms with van der Waals surface area (Å²) in [4.78, 5) is 33.8. The molecule has 1 aromatic carbocycles. The number of nitrogens with zero attached hydrogens (tertiary/aromatic N) is 2. The molecule has 0 radical (unpaired) electrons. The fourth-order valence-electron chi connectivity index (χ4n) is 5.51. The lowest BCUT2D eigenvalue weighted by molar-refractivity contribution is -0.135. The van der Waals surface area contributed by atoms with E-state index >= 15 is 0 Å². The fraction of sp³-hybridized carbons (Fsp3) is 0.565. The molecule has 154 valence electrons. The summed E-state index contributed by atoms with van der Waals surface area (Å²) >= 11 is 0. The third kappa shape index (κ3) is 2.96. The summed E-state index contributed by atoms with van der Waals surface area (Å²) in [6.07, 6.45) is 6.17. The molecule has 2 aliphatic heterocycles. The van der Waals surface area contributed by atoms with Crippen molar-refractivity contribution in [3.8, 4) is 0 Å². The molecule has 1 N–H and O–H groups in total. The first-order valence-electron chi connectivity index (χ1n) is 10.8. The number of aromatic nitrogens is 1. The van der Waals surface area contributed by atoms with Crippen LogP contribution in [0.2, 0.25) is 0 Å². The lowest BCUT2D eigenvalue weighted by Gasteiger charge is -2.23. The molecule has 1 unspecified atom stereocenters. The van der Waals surface area contributed by atoms with Gasteiger partial charge in [-0.3, -0.25) is 9.59 Å². The number of aryl methyl sites for hydroxylation is 2. The zero-order valence-electron chi connectivity index (χ0n) is 17.1. The summed E-state index contributed by atoms with van der Waals surface area (Å²) in [6.45, 7) is 3.15. The van der Waals surface area contributed by atoms with Gasteiger partial charge in [0.1, 0.15) is 0 Å². The molecule has 1 spiro atoms. The van der Waals surface area contributed by atoms with Crippen molar-refractivity contribution in [3.05, 3.63) is 35.0 Å². The fourth-order valence-corrected chi connectivity index (χ4v) is 5.51. The second-order valence-electron chi connectivity index (χ2n) is 8.81. The second-order valence-corrected chi connectivity index (χ2v) is 8.81. The number of carbonyl (C=O) groups excluding carboxylic acids is 2. The Labute approximate surface area is 171 Å². The number of benzene rings is 1. The summed E-state index contributed by atoms with van der Waals surface area (Å²) in [5.74, 6) is 0.243. The van der Waals surface area contributed by atoms with E-state index in [-0.39, 0.29) is 11.8 Å². The van der Waals surface area contributed by atoms with Gasteiger partial charge in [-0.15, -0.1) is 0 Å². The molecule has 5 rings (SSSR count). The number of hydrogen-bond acceptors (Lipinski definition) is 3. The van der Waals surface area contributed by atoms with Crippen molar-refractivity contribution in [2.45, 2.75) is 38.5 Å². The molecule has 2 saturated heterocycles. The molecular formula is C23H29N3O3. The van der Waals surface area contributed by atoms with Gasteiger partial charge < -0.3 is 19.5 Å². The van der Waals surface area contributed by atoms with E-state index in [4.69, 9.17) is 4.74 Å². The third-order valence-electron chi connectivity index (χ3n) is 7.17. The van der Waals surface area contributed by atoms with Crippen LogP contribution < -0.4 is 0 Å². The van der Waals surface area contributed by atoms with Gasteiger partial charge >= 0.3 is 0 Å². The normalized spacial score (nSPS) is 24.1. The Hall–Kier alpha value is -2.34. The van der Waals surface area contributed by atoms with E-state index in [1.165, 1.54) is 29.5 Å². The largest absolute Gasteiger partial charge is 0.383 e. The van der Waals surface area contributed by atoms with Crippen LogP contribution in [-0.2, 0) is 22.4 Å². The minimum Gasteiger partial charge on any atom is -0.383 e. The number of para-hydroxylation sites is 1.